The van der Waals surface area contributed by atoms with Gasteiger partial charge in [0.2, 0.25) is 5.91 Å². The molecule has 0 aromatic carbocycles. The molecule has 19 heavy (non-hydrogen) atoms. The lowest BCUT2D eigenvalue weighted by atomic mass is 9.90. The fraction of sp³-hybridized carbons (Fsp3) is 0.714. The van der Waals surface area contributed by atoms with Crippen molar-refractivity contribution in [2.24, 2.45) is 17.8 Å². The summed E-state index contributed by atoms with van der Waals surface area (Å²) in [5.74, 6) is -0.152. The van der Waals surface area contributed by atoms with Crippen molar-refractivity contribution in [1.82, 2.24) is 5.32 Å². The van der Waals surface area contributed by atoms with Crippen molar-refractivity contribution in [2.75, 3.05) is 13.7 Å². The van der Waals surface area contributed by atoms with Gasteiger partial charge < -0.3 is 15.2 Å². The van der Waals surface area contributed by atoms with Gasteiger partial charge in [-0.3, -0.25) is 9.59 Å². The van der Waals surface area contributed by atoms with Gasteiger partial charge in [0, 0.05) is 13.0 Å². The van der Waals surface area contributed by atoms with Crippen LogP contribution in [0.15, 0.2) is 12.2 Å². The molecule has 2 aliphatic carbocycles. The second kappa shape index (κ2) is 5.33. The highest BCUT2D eigenvalue weighted by atomic mass is 16.5. The van der Waals surface area contributed by atoms with Crippen molar-refractivity contribution in [3.63, 3.8) is 0 Å². The molecule has 2 rings (SSSR count). The standard InChI is InChI=1S/C14H21NO4/c1-14(8-19-2,7-12(16)17)15-13(18)11-6-9-3-4-10(11)5-9/h3-4,9-11H,5-8H2,1-2H3,(H,15,18)(H,16,17). The van der Waals surface area contributed by atoms with Crippen LogP contribution in [0.3, 0.4) is 0 Å². The maximum atomic E-state index is 12.3. The van der Waals surface area contributed by atoms with Crippen molar-refractivity contribution in [1.29, 1.82) is 0 Å². The highest BCUT2D eigenvalue weighted by Crippen LogP contribution is 2.43. The van der Waals surface area contributed by atoms with Gasteiger partial charge in [0.15, 0.2) is 0 Å². The van der Waals surface area contributed by atoms with Crippen molar-refractivity contribution < 1.29 is 19.4 Å². The van der Waals surface area contributed by atoms with E-state index in [1.165, 1.54) is 7.11 Å². The quantitative estimate of drug-likeness (QED) is 0.709. The summed E-state index contributed by atoms with van der Waals surface area (Å²) in [5.41, 5.74) is -0.844. The number of fused-ring (bicyclic) bond motifs is 2. The number of aliphatic carboxylic acids is 1. The molecule has 0 saturated heterocycles. The van der Waals surface area contributed by atoms with Crippen LogP contribution in [0.25, 0.3) is 0 Å². The first-order valence-electron chi connectivity index (χ1n) is 6.64. The molecule has 0 aliphatic heterocycles. The van der Waals surface area contributed by atoms with Crippen LogP contribution in [0.5, 0.6) is 0 Å². The van der Waals surface area contributed by atoms with E-state index in [4.69, 9.17) is 9.84 Å². The summed E-state index contributed by atoms with van der Waals surface area (Å²) < 4.78 is 5.04. The maximum Gasteiger partial charge on any atom is 0.305 e. The predicted octanol–water partition coefficient (Wildman–Crippen LogP) is 1.19. The molecule has 2 bridgehead atoms. The molecule has 4 atom stereocenters. The van der Waals surface area contributed by atoms with Gasteiger partial charge in [0.05, 0.1) is 18.6 Å². The Balaban J connectivity index is 1.99. The monoisotopic (exact) mass is 267 g/mol. The Labute approximate surface area is 113 Å². The van der Waals surface area contributed by atoms with E-state index >= 15 is 0 Å². The first-order chi connectivity index (χ1) is 8.93. The van der Waals surface area contributed by atoms with Gasteiger partial charge in [-0.2, -0.15) is 0 Å². The maximum absolute atomic E-state index is 12.3. The molecule has 0 heterocycles. The number of allylic oxidation sites excluding steroid dienone is 2. The number of amides is 1. The van der Waals surface area contributed by atoms with Crippen LogP contribution in [-0.4, -0.2) is 36.2 Å². The van der Waals surface area contributed by atoms with Crippen LogP contribution in [0.4, 0.5) is 0 Å². The Morgan fingerprint density at radius 2 is 2.16 bits per heavy atom. The van der Waals surface area contributed by atoms with Crippen LogP contribution in [0.2, 0.25) is 0 Å². The summed E-state index contributed by atoms with van der Waals surface area (Å²) >= 11 is 0. The minimum Gasteiger partial charge on any atom is -0.481 e. The van der Waals surface area contributed by atoms with E-state index in [0.29, 0.717) is 11.8 Å². The molecular weight excluding hydrogens is 246 g/mol. The minimum atomic E-state index is -0.937. The Kier molecular flexibility index (Phi) is 3.94. The molecular formula is C14H21NO4. The lowest BCUT2D eigenvalue weighted by molar-refractivity contribution is -0.140. The van der Waals surface area contributed by atoms with E-state index in [9.17, 15) is 9.59 Å². The molecule has 1 saturated carbocycles. The van der Waals surface area contributed by atoms with Crippen molar-refractivity contribution in [3.05, 3.63) is 12.2 Å². The average molecular weight is 267 g/mol. The zero-order valence-corrected chi connectivity index (χ0v) is 11.4. The zero-order valence-electron chi connectivity index (χ0n) is 11.4. The molecule has 4 unspecified atom stereocenters. The molecule has 5 heteroatoms. The lowest BCUT2D eigenvalue weighted by Gasteiger charge is -2.31. The number of carboxylic acid groups (broad SMARTS) is 1. The SMILES string of the molecule is COCC(C)(CC(=O)O)NC(=O)C1CC2C=CC1C2. The highest BCUT2D eigenvalue weighted by Gasteiger charge is 2.42. The lowest BCUT2D eigenvalue weighted by Crippen LogP contribution is -2.53. The van der Waals surface area contributed by atoms with Crippen molar-refractivity contribution in [2.45, 2.75) is 31.7 Å². The summed E-state index contributed by atoms with van der Waals surface area (Å²) in [4.78, 5) is 23.2. The van der Waals surface area contributed by atoms with Crippen molar-refractivity contribution >= 4 is 11.9 Å². The Hall–Kier alpha value is -1.36. The number of hydrogen-bond acceptors (Lipinski definition) is 3. The molecule has 0 aromatic rings. The number of hydrogen-bond donors (Lipinski definition) is 2. The Morgan fingerprint density at radius 1 is 1.42 bits per heavy atom. The summed E-state index contributed by atoms with van der Waals surface area (Å²) in [6, 6.07) is 0. The molecule has 2 aliphatic rings. The first kappa shape index (κ1) is 14.1. The zero-order chi connectivity index (χ0) is 14.0. The van der Waals surface area contributed by atoms with E-state index in [-0.39, 0.29) is 24.9 Å². The number of ether oxygens (including phenoxy) is 1. The summed E-state index contributed by atoms with van der Waals surface area (Å²) in [6.45, 7) is 1.91. The molecule has 2 N–H and O–H groups in total. The number of carboxylic acids is 1. The smallest absolute Gasteiger partial charge is 0.305 e. The van der Waals surface area contributed by atoms with Crippen LogP contribution in [0, 0.1) is 17.8 Å². The van der Waals surface area contributed by atoms with Crippen LogP contribution in [-0.2, 0) is 14.3 Å². The Bertz CT molecular complexity index is 406. The van der Waals surface area contributed by atoms with Gasteiger partial charge in [-0.05, 0) is 31.6 Å². The van der Waals surface area contributed by atoms with Gasteiger partial charge in [-0.15, -0.1) is 0 Å². The second-order valence-electron chi connectivity index (χ2n) is 5.94. The number of nitrogens with one attached hydrogen (secondary N) is 1. The first-order valence-corrected chi connectivity index (χ1v) is 6.64. The molecule has 1 fully saturated rings. The fourth-order valence-electron chi connectivity index (χ4n) is 3.26. The molecule has 0 radical (unpaired) electrons. The second-order valence-corrected chi connectivity index (χ2v) is 5.94. The van der Waals surface area contributed by atoms with Crippen LogP contribution in [0.1, 0.15) is 26.2 Å². The third-order valence-electron chi connectivity index (χ3n) is 4.04. The van der Waals surface area contributed by atoms with Gasteiger partial charge in [0.25, 0.3) is 0 Å². The average Bonchev–Trinajstić information content (AvgIpc) is 2.88. The highest BCUT2D eigenvalue weighted by molar-refractivity contribution is 5.81. The minimum absolute atomic E-state index is 0.0139. The molecule has 0 aromatic heterocycles. The molecule has 1 amide bonds. The summed E-state index contributed by atoms with van der Waals surface area (Å²) in [7, 11) is 1.51. The molecule has 0 spiro atoms. The van der Waals surface area contributed by atoms with Gasteiger partial charge in [0.1, 0.15) is 0 Å². The van der Waals surface area contributed by atoms with E-state index in [1.807, 2.05) is 0 Å². The molecule has 5 nitrogen and oxygen atoms in total. The number of carbonyl (C=O) groups is 2. The number of rotatable bonds is 6. The normalized spacial score (nSPS) is 31.2. The fourth-order valence-corrected chi connectivity index (χ4v) is 3.26. The van der Waals surface area contributed by atoms with Gasteiger partial charge >= 0.3 is 5.97 Å². The third-order valence-corrected chi connectivity index (χ3v) is 4.04. The van der Waals surface area contributed by atoms with Crippen LogP contribution < -0.4 is 5.32 Å². The largest absolute Gasteiger partial charge is 0.481 e. The van der Waals surface area contributed by atoms with E-state index in [1.54, 1.807) is 6.92 Å². The van der Waals surface area contributed by atoms with Gasteiger partial charge in [-0.1, -0.05) is 12.2 Å². The molecule has 106 valence electrons. The van der Waals surface area contributed by atoms with Gasteiger partial charge in [-0.25, -0.2) is 0 Å². The summed E-state index contributed by atoms with van der Waals surface area (Å²) in [5, 5.41) is 11.8. The summed E-state index contributed by atoms with van der Waals surface area (Å²) in [6.07, 6.45) is 6.09. The number of carbonyl (C=O) groups excluding carboxylic acids is 1. The number of methoxy groups -OCH3 is 1. The van der Waals surface area contributed by atoms with Crippen molar-refractivity contribution in [3.8, 4) is 0 Å². The predicted molar refractivity (Wildman–Crippen MR) is 69.5 cm³/mol. The Morgan fingerprint density at radius 3 is 2.63 bits per heavy atom. The third kappa shape index (κ3) is 3.15. The van der Waals surface area contributed by atoms with E-state index in [2.05, 4.69) is 17.5 Å². The van der Waals surface area contributed by atoms with E-state index in [0.717, 1.165) is 12.8 Å². The topological polar surface area (TPSA) is 75.6 Å². The van der Waals surface area contributed by atoms with E-state index < -0.39 is 11.5 Å². The van der Waals surface area contributed by atoms with Crippen LogP contribution >= 0.6 is 0 Å².